The van der Waals surface area contributed by atoms with Crippen LogP contribution < -0.4 is 5.73 Å². The summed E-state index contributed by atoms with van der Waals surface area (Å²) in [5, 5.41) is 3.75. The second-order valence-corrected chi connectivity index (χ2v) is 4.39. The first kappa shape index (κ1) is 10.9. The molecule has 0 aliphatic heterocycles. The van der Waals surface area contributed by atoms with Gasteiger partial charge in [-0.3, -0.25) is 4.79 Å². The van der Waals surface area contributed by atoms with Gasteiger partial charge in [0.1, 0.15) is 11.5 Å². The second kappa shape index (κ2) is 3.63. The van der Waals surface area contributed by atoms with Gasteiger partial charge in [0.15, 0.2) is 11.5 Å². The van der Waals surface area contributed by atoms with Gasteiger partial charge in [0, 0.05) is 16.8 Å². The number of amides is 1. The van der Waals surface area contributed by atoms with Crippen molar-refractivity contribution in [1.82, 2.24) is 15.1 Å². The fraction of sp³-hybridized carbons (Fsp3) is 0.333. The zero-order valence-electron chi connectivity index (χ0n) is 10.1. The molecule has 2 N–H and O–H groups in total. The third kappa shape index (κ3) is 1.42. The molecule has 6 nitrogen and oxygen atoms in total. The van der Waals surface area contributed by atoms with Crippen molar-refractivity contribution in [2.24, 2.45) is 5.73 Å². The lowest BCUT2D eigenvalue weighted by Gasteiger charge is -2.15. The number of hydrogen-bond acceptors (Lipinski definition) is 5. The molecule has 0 saturated heterocycles. The van der Waals surface area contributed by atoms with E-state index in [2.05, 4.69) is 15.1 Å². The normalized spacial score (nSPS) is 13.0. The smallest absolute Gasteiger partial charge is 0.271 e. The number of aromatic nitrogens is 3. The van der Waals surface area contributed by atoms with Gasteiger partial charge < -0.3 is 10.3 Å². The number of hydrogen-bond donors (Lipinski definition) is 1. The number of primary amides is 1. The van der Waals surface area contributed by atoms with Gasteiger partial charge in [-0.05, 0) is 26.7 Å². The summed E-state index contributed by atoms with van der Waals surface area (Å²) in [5.74, 6) is 0.667. The molecular formula is C12H12N4O2. The van der Waals surface area contributed by atoms with E-state index in [4.69, 9.17) is 10.3 Å². The molecule has 0 fully saturated rings. The molecule has 2 heterocycles. The Balaban J connectivity index is 2.26. The Morgan fingerprint density at radius 2 is 1.94 bits per heavy atom. The lowest BCUT2D eigenvalue weighted by molar-refractivity contribution is 0.0991. The maximum Gasteiger partial charge on any atom is 0.271 e. The third-order valence-electron chi connectivity index (χ3n) is 3.19. The highest BCUT2D eigenvalue weighted by Crippen LogP contribution is 2.34. The average molecular weight is 244 g/mol. The summed E-state index contributed by atoms with van der Waals surface area (Å²) in [6.45, 7) is 3.77. The van der Waals surface area contributed by atoms with Gasteiger partial charge in [-0.2, -0.15) is 0 Å². The fourth-order valence-electron chi connectivity index (χ4n) is 2.39. The second-order valence-electron chi connectivity index (χ2n) is 4.39. The molecule has 1 amide bonds. The van der Waals surface area contributed by atoms with Crippen molar-refractivity contribution in [1.29, 1.82) is 0 Å². The van der Waals surface area contributed by atoms with Crippen molar-refractivity contribution in [3.05, 3.63) is 28.3 Å². The Hall–Kier alpha value is -2.24. The molecule has 0 aromatic carbocycles. The number of fused-ring (bicyclic) bond motifs is 3. The summed E-state index contributed by atoms with van der Waals surface area (Å²) in [6, 6.07) is 0. The van der Waals surface area contributed by atoms with Crippen molar-refractivity contribution in [2.75, 3.05) is 0 Å². The monoisotopic (exact) mass is 244 g/mol. The van der Waals surface area contributed by atoms with Crippen molar-refractivity contribution in [3.63, 3.8) is 0 Å². The standard InChI is InChI=1S/C12H12N4O2/c1-5-7-3-4-8-10(12(13)17)16-18-11(8)9(7)15-6(2)14-5/h3-4H2,1-2H3,(H2,13,17). The lowest BCUT2D eigenvalue weighted by atomic mass is 9.92. The van der Waals surface area contributed by atoms with Gasteiger partial charge in [0.25, 0.3) is 5.91 Å². The molecule has 1 aliphatic rings. The SMILES string of the molecule is Cc1nc(C)c2c(n1)-c1onc(C(N)=O)c1CC2. The van der Waals surface area contributed by atoms with Gasteiger partial charge in [-0.15, -0.1) is 0 Å². The van der Waals surface area contributed by atoms with E-state index < -0.39 is 5.91 Å². The average Bonchev–Trinajstić information content (AvgIpc) is 2.72. The highest BCUT2D eigenvalue weighted by Gasteiger charge is 2.29. The molecule has 6 heteroatoms. The predicted molar refractivity (Wildman–Crippen MR) is 62.9 cm³/mol. The molecule has 0 radical (unpaired) electrons. The Bertz CT molecular complexity index is 660. The van der Waals surface area contributed by atoms with Crippen LogP contribution in [0.4, 0.5) is 0 Å². The largest absolute Gasteiger partial charge is 0.364 e. The van der Waals surface area contributed by atoms with Crippen LogP contribution in [0.25, 0.3) is 11.5 Å². The summed E-state index contributed by atoms with van der Waals surface area (Å²) < 4.78 is 5.24. The highest BCUT2D eigenvalue weighted by atomic mass is 16.5. The van der Waals surface area contributed by atoms with E-state index in [1.54, 1.807) is 0 Å². The van der Waals surface area contributed by atoms with E-state index in [1.165, 1.54) is 0 Å². The molecule has 0 saturated carbocycles. The molecule has 0 spiro atoms. The highest BCUT2D eigenvalue weighted by molar-refractivity contribution is 5.94. The van der Waals surface area contributed by atoms with Gasteiger partial charge in [-0.25, -0.2) is 9.97 Å². The predicted octanol–water partition coefficient (Wildman–Crippen LogP) is 0.946. The minimum Gasteiger partial charge on any atom is -0.364 e. The van der Waals surface area contributed by atoms with E-state index in [0.717, 1.165) is 28.9 Å². The molecular weight excluding hydrogens is 232 g/mol. The zero-order valence-corrected chi connectivity index (χ0v) is 10.1. The first-order chi connectivity index (χ1) is 8.58. The van der Waals surface area contributed by atoms with Crippen LogP contribution in [0.2, 0.25) is 0 Å². The Kier molecular flexibility index (Phi) is 2.19. The van der Waals surface area contributed by atoms with Crippen LogP contribution in [-0.4, -0.2) is 21.0 Å². The van der Waals surface area contributed by atoms with Gasteiger partial charge in [0.2, 0.25) is 0 Å². The molecule has 3 rings (SSSR count). The van der Waals surface area contributed by atoms with Gasteiger partial charge >= 0.3 is 0 Å². The van der Waals surface area contributed by atoms with Crippen molar-refractivity contribution >= 4 is 5.91 Å². The molecule has 0 atom stereocenters. The summed E-state index contributed by atoms with van der Waals surface area (Å²) in [6.07, 6.45) is 1.45. The zero-order chi connectivity index (χ0) is 12.9. The van der Waals surface area contributed by atoms with Crippen LogP contribution in [-0.2, 0) is 12.8 Å². The maximum absolute atomic E-state index is 11.2. The van der Waals surface area contributed by atoms with E-state index >= 15 is 0 Å². The first-order valence-electron chi connectivity index (χ1n) is 5.70. The van der Waals surface area contributed by atoms with E-state index in [-0.39, 0.29) is 5.69 Å². The van der Waals surface area contributed by atoms with Crippen molar-refractivity contribution in [2.45, 2.75) is 26.7 Å². The van der Waals surface area contributed by atoms with Crippen LogP contribution in [0, 0.1) is 13.8 Å². The quantitative estimate of drug-likeness (QED) is 0.805. The first-order valence-corrected chi connectivity index (χ1v) is 5.70. The molecule has 0 unspecified atom stereocenters. The summed E-state index contributed by atoms with van der Waals surface area (Å²) >= 11 is 0. The van der Waals surface area contributed by atoms with E-state index in [9.17, 15) is 4.79 Å². The number of rotatable bonds is 1. The molecule has 92 valence electrons. The van der Waals surface area contributed by atoms with E-state index in [1.807, 2.05) is 13.8 Å². The van der Waals surface area contributed by atoms with Crippen LogP contribution in [0.15, 0.2) is 4.52 Å². The molecule has 2 aromatic heterocycles. The minimum absolute atomic E-state index is 0.213. The summed E-state index contributed by atoms with van der Waals surface area (Å²) in [5.41, 5.74) is 8.98. The number of aryl methyl sites for hydroxylation is 2. The Morgan fingerprint density at radius 1 is 1.22 bits per heavy atom. The topological polar surface area (TPSA) is 94.9 Å². The summed E-state index contributed by atoms with van der Waals surface area (Å²) in [4.78, 5) is 20.0. The van der Waals surface area contributed by atoms with Crippen molar-refractivity contribution in [3.8, 4) is 11.5 Å². The molecule has 1 aliphatic carbocycles. The van der Waals surface area contributed by atoms with Crippen LogP contribution in [0.5, 0.6) is 0 Å². The minimum atomic E-state index is -0.564. The Labute approximate surface area is 103 Å². The lowest BCUT2D eigenvalue weighted by Crippen LogP contribution is -2.16. The maximum atomic E-state index is 11.2. The van der Waals surface area contributed by atoms with Crippen molar-refractivity contribution < 1.29 is 9.32 Å². The number of nitrogens with two attached hydrogens (primary N) is 1. The van der Waals surface area contributed by atoms with Gasteiger partial charge in [-0.1, -0.05) is 5.16 Å². The van der Waals surface area contributed by atoms with Crippen LogP contribution >= 0.6 is 0 Å². The van der Waals surface area contributed by atoms with Crippen LogP contribution in [0.1, 0.15) is 33.1 Å². The Morgan fingerprint density at radius 3 is 2.67 bits per heavy atom. The molecule has 0 bridgehead atoms. The summed E-state index contributed by atoms with van der Waals surface area (Å²) in [7, 11) is 0. The van der Waals surface area contributed by atoms with Gasteiger partial charge in [0.05, 0.1) is 0 Å². The molecule has 18 heavy (non-hydrogen) atoms. The number of carbonyl (C=O) groups excluding carboxylic acids is 1. The number of nitrogens with zero attached hydrogens (tertiary/aromatic N) is 3. The third-order valence-corrected chi connectivity index (χ3v) is 3.19. The molecule has 2 aromatic rings. The fourth-order valence-corrected chi connectivity index (χ4v) is 2.39. The van der Waals surface area contributed by atoms with E-state index in [0.29, 0.717) is 18.0 Å². The van der Waals surface area contributed by atoms with Crippen LogP contribution in [0.3, 0.4) is 0 Å². The number of carbonyl (C=O) groups is 1.